The van der Waals surface area contributed by atoms with Crippen LogP contribution in [0.1, 0.15) is 27.0 Å². The molecule has 0 aliphatic rings. The lowest BCUT2D eigenvalue weighted by Crippen LogP contribution is -2.05. The van der Waals surface area contributed by atoms with E-state index in [0.29, 0.717) is 28.4 Å². The Morgan fingerprint density at radius 1 is 0.789 bits per heavy atom. The molecule has 0 aliphatic carbocycles. The molecule has 0 aromatic heterocycles. The number of anilines is 1. The van der Waals surface area contributed by atoms with E-state index in [1.54, 1.807) is 30.4 Å². The predicted octanol–water partition coefficient (Wildman–Crippen LogP) is 6.86. The number of rotatable bonds is 10. The van der Waals surface area contributed by atoms with Crippen LogP contribution in [0.15, 0.2) is 60.8 Å². The second-order valence-electron chi connectivity index (χ2n) is 7.79. The van der Waals surface area contributed by atoms with Crippen molar-refractivity contribution in [2.75, 3.05) is 33.8 Å². The van der Waals surface area contributed by atoms with Gasteiger partial charge in [-0.05, 0) is 47.5 Å². The number of ketones is 1. The molecule has 0 unspecified atom stereocenters. The smallest absolute Gasteiger partial charge is 0.416 e. The maximum absolute atomic E-state index is 14.7. The topological polar surface area (TPSA) is 66.0 Å². The normalized spacial score (nSPS) is 11.6. The Balaban J connectivity index is 1.82. The first-order chi connectivity index (χ1) is 18.1. The number of hydrogen-bond acceptors (Lipinski definition) is 6. The van der Waals surface area contributed by atoms with Gasteiger partial charge in [-0.25, -0.2) is 4.39 Å². The third-order valence-corrected chi connectivity index (χ3v) is 5.40. The second-order valence-corrected chi connectivity index (χ2v) is 7.79. The van der Waals surface area contributed by atoms with Crippen LogP contribution in [0.5, 0.6) is 23.0 Å². The molecule has 3 aromatic carbocycles. The first kappa shape index (κ1) is 28.1. The highest BCUT2D eigenvalue weighted by Gasteiger charge is 2.30. The van der Waals surface area contributed by atoms with Crippen LogP contribution in [0.25, 0.3) is 12.2 Å². The fraction of sp³-hybridized carbons (Fsp3) is 0.179. The summed E-state index contributed by atoms with van der Waals surface area (Å²) in [5.41, 5.74) is 0.617. The maximum atomic E-state index is 14.7. The Labute approximate surface area is 217 Å². The van der Waals surface area contributed by atoms with Crippen LogP contribution < -0.4 is 24.3 Å². The summed E-state index contributed by atoms with van der Waals surface area (Å²) in [4.78, 5) is 12.3. The van der Waals surface area contributed by atoms with Gasteiger partial charge in [-0.1, -0.05) is 24.3 Å². The Kier molecular flexibility index (Phi) is 9.01. The zero-order valence-electron chi connectivity index (χ0n) is 21.0. The Bertz CT molecular complexity index is 1320. The molecular formula is C28H25F4NO5. The number of methoxy groups -OCH3 is 4. The average Bonchev–Trinajstić information content (AvgIpc) is 2.90. The summed E-state index contributed by atoms with van der Waals surface area (Å²) >= 11 is 0. The van der Waals surface area contributed by atoms with Crippen molar-refractivity contribution < 1.29 is 41.3 Å². The minimum absolute atomic E-state index is 0.0660. The fourth-order valence-corrected chi connectivity index (χ4v) is 3.54. The monoisotopic (exact) mass is 531 g/mol. The van der Waals surface area contributed by atoms with Gasteiger partial charge in [0.1, 0.15) is 0 Å². The van der Waals surface area contributed by atoms with Crippen molar-refractivity contribution in [3.05, 3.63) is 88.9 Å². The molecule has 0 aliphatic heterocycles. The van der Waals surface area contributed by atoms with Gasteiger partial charge in [0.25, 0.3) is 0 Å². The van der Waals surface area contributed by atoms with E-state index in [0.717, 1.165) is 30.3 Å². The Morgan fingerprint density at radius 3 is 1.84 bits per heavy atom. The van der Waals surface area contributed by atoms with Crippen LogP contribution >= 0.6 is 0 Å². The van der Waals surface area contributed by atoms with Crippen LogP contribution in [-0.4, -0.2) is 34.2 Å². The predicted molar refractivity (Wildman–Crippen MR) is 137 cm³/mol. The van der Waals surface area contributed by atoms with E-state index >= 15 is 0 Å². The molecule has 200 valence electrons. The van der Waals surface area contributed by atoms with Gasteiger partial charge in [-0.2, -0.15) is 13.2 Å². The minimum Gasteiger partial charge on any atom is -0.493 e. The Hall–Kier alpha value is -4.47. The molecule has 0 fully saturated rings. The highest BCUT2D eigenvalue weighted by atomic mass is 19.4. The van der Waals surface area contributed by atoms with Crippen molar-refractivity contribution in [3.63, 3.8) is 0 Å². The number of carbonyl (C=O) groups is 1. The molecule has 0 spiro atoms. The van der Waals surface area contributed by atoms with Gasteiger partial charge in [0.15, 0.2) is 28.8 Å². The van der Waals surface area contributed by atoms with Crippen molar-refractivity contribution in [3.8, 4) is 23.0 Å². The molecule has 3 rings (SSSR count). The molecule has 0 atom stereocenters. The van der Waals surface area contributed by atoms with Crippen molar-refractivity contribution in [2.45, 2.75) is 6.18 Å². The average molecular weight is 532 g/mol. The number of alkyl halides is 3. The van der Waals surface area contributed by atoms with E-state index in [-0.39, 0.29) is 17.0 Å². The van der Waals surface area contributed by atoms with Crippen LogP contribution in [0.3, 0.4) is 0 Å². The number of nitrogens with one attached hydrogen (secondary N) is 1. The number of allylic oxidation sites excluding steroid dienone is 1. The third kappa shape index (κ3) is 6.64. The molecule has 0 saturated heterocycles. The van der Waals surface area contributed by atoms with Gasteiger partial charge in [0.05, 0.1) is 39.7 Å². The number of hydrogen-bond donors (Lipinski definition) is 1. The molecule has 10 heteroatoms. The third-order valence-electron chi connectivity index (χ3n) is 5.40. The highest BCUT2D eigenvalue weighted by molar-refractivity contribution is 6.04. The van der Waals surface area contributed by atoms with Gasteiger partial charge >= 0.3 is 6.18 Å². The summed E-state index contributed by atoms with van der Waals surface area (Å²) < 4.78 is 74.0. The van der Waals surface area contributed by atoms with Crippen LogP contribution in [0.4, 0.5) is 23.2 Å². The molecule has 0 bridgehead atoms. The molecule has 38 heavy (non-hydrogen) atoms. The summed E-state index contributed by atoms with van der Waals surface area (Å²) in [6, 6.07) is 10.2. The van der Waals surface area contributed by atoms with Crippen LogP contribution in [0, 0.1) is 5.82 Å². The van der Waals surface area contributed by atoms with E-state index in [9.17, 15) is 22.4 Å². The summed E-state index contributed by atoms with van der Waals surface area (Å²) in [6.07, 6.45) is 1.26. The Morgan fingerprint density at radius 2 is 1.34 bits per heavy atom. The second kappa shape index (κ2) is 12.2. The molecule has 0 amide bonds. The summed E-state index contributed by atoms with van der Waals surface area (Å²) in [6.45, 7) is 0. The quantitative estimate of drug-likeness (QED) is 0.134. The van der Waals surface area contributed by atoms with Crippen LogP contribution in [-0.2, 0) is 6.18 Å². The summed E-state index contributed by atoms with van der Waals surface area (Å²) in [5.74, 6) is 0.0807. The zero-order valence-corrected chi connectivity index (χ0v) is 21.0. The molecule has 3 aromatic rings. The first-order valence-corrected chi connectivity index (χ1v) is 11.1. The highest BCUT2D eigenvalue weighted by Crippen LogP contribution is 2.39. The summed E-state index contributed by atoms with van der Waals surface area (Å²) in [5, 5.41) is 2.79. The van der Waals surface area contributed by atoms with E-state index < -0.39 is 23.3 Å². The summed E-state index contributed by atoms with van der Waals surface area (Å²) in [7, 11) is 5.79. The van der Waals surface area contributed by atoms with E-state index in [2.05, 4.69) is 5.32 Å². The molecule has 0 radical (unpaired) electrons. The maximum Gasteiger partial charge on any atom is 0.416 e. The lowest BCUT2D eigenvalue weighted by atomic mass is 10.1. The van der Waals surface area contributed by atoms with Gasteiger partial charge in [0, 0.05) is 17.8 Å². The van der Waals surface area contributed by atoms with Crippen LogP contribution in [0.2, 0.25) is 0 Å². The number of carbonyl (C=O) groups excluding carboxylic acids is 1. The van der Waals surface area contributed by atoms with Crippen molar-refractivity contribution in [1.29, 1.82) is 0 Å². The molecule has 1 N–H and O–H groups in total. The van der Waals surface area contributed by atoms with E-state index in [1.807, 2.05) is 0 Å². The lowest BCUT2D eigenvalue weighted by Gasteiger charge is -2.13. The van der Waals surface area contributed by atoms with Gasteiger partial charge < -0.3 is 24.3 Å². The number of ether oxygens (including phenoxy) is 4. The fourth-order valence-electron chi connectivity index (χ4n) is 3.54. The number of benzene rings is 3. The molecular weight excluding hydrogens is 506 g/mol. The zero-order chi connectivity index (χ0) is 27.9. The van der Waals surface area contributed by atoms with Crippen molar-refractivity contribution >= 4 is 23.6 Å². The van der Waals surface area contributed by atoms with Crippen molar-refractivity contribution in [2.24, 2.45) is 0 Å². The molecule has 0 heterocycles. The van der Waals surface area contributed by atoms with E-state index in [4.69, 9.17) is 18.9 Å². The first-order valence-electron chi connectivity index (χ1n) is 11.1. The minimum atomic E-state index is -4.50. The standard InChI is InChI=1S/C28H25F4NO5/c1-35-24-15-18(16-25(36-2)27(24)38-4)6-5-17-13-21(29)26(37-3)22(14-17)33-12-11-23(34)19-7-9-20(10-8-19)28(30,31)32/h5-16,33H,1-4H3. The SMILES string of the molecule is COc1cc(C=Cc2cc(F)c(OC)c(NC=CC(=O)c3ccc(C(F)(F)F)cc3)c2)cc(OC)c1OC. The number of halogens is 4. The molecule has 6 nitrogen and oxygen atoms in total. The van der Waals surface area contributed by atoms with Gasteiger partial charge in [0.2, 0.25) is 5.75 Å². The lowest BCUT2D eigenvalue weighted by molar-refractivity contribution is -0.137. The molecule has 0 saturated carbocycles. The largest absolute Gasteiger partial charge is 0.493 e. The van der Waals surface area contributed by atoms with E-state index in [1.165, 1.54) is 40.7 Å². The van der Waals surface area contributed by atoms with Gasteiger partial charge in [-0.3, -0.25) is 4.79 Å². The van der Waals surface area contributed by atoms with Crippen molar-refractivity contribution in [1.82, 2.24) is 0 Å². The van der Waals surface area contributed by atoms with Gasteiger partial charge in [-0.15, -0.1) is 0 Å².